The van der Waals surface area contributed by atoms with Crippen LogP contribution in [0.2, 0.25) is 0 Å². The van der Waals surface area contributed by atoms with Crippen LogP contribution in [0.5, 0.6) is 0 Å². The molecule has 0 spiro atoms. The lowest BCUT2D eigenvalue weighted by Gasteiger charge is -2.19. The minimum Gasteiger partial charge on any atom is -0.446 e. The Morgan fingerprint density at radius 2 is 1.76 bits per heavy atom. The van der Waals surface area contributed by atoms with E-state index in [-0.39, 0.29) is 11.7 Å². The van der Waals surface area contributed by atoms with Crippen LogP contribution in [0.4, 0.5) is 4.39 Å². The van der Waals surface area contributed by atoms with Crippen molar-refractivity contribution in [2.75, 3.05) is 0 Å². The van der Waals surface area contributed by atoms with Gasteiger partial charge in [0.1, 0.15) is 5.82 Å². The van der Waals surface area contributed by atoms with Gasteiger partial charge in [-0.25, -0.2) is 4.39 Å². The molecule has 4 nitrogen and oxygen atoms in total. The van der Waals surface area contributed by atoms with Crippen molar-refractivity contribution in [3.8, 4) is 0 Å². The molecule has 1 unspecified atom stereocenters. The zero-order chi connectivity index (χ0) is 17.4. The smallest absolute Gasteiger partial charge is 0.243 e. The van der Waals surface area contributed by atoms with Gasteiger partial charge in [0.25, 0.3) is 0 Å². The average Bonchev–Trinajstić information content (AvgIpc) is 3.07. The Bertz CT molecular complexity index is 982. The average molecular weight is 334 g/mol. The Morgan fingerprint density at radius 1 is 1.04 bits per heavy atom. The molecule has 124 valence electrons. The van der Waals surface area contributed by atoms with Gasteiger partial charge in [-0.3, -0.25) is 4.79 Å². The predicted octanol–water partition coefficient (Wildman–Crippen LogP) is 4.22. The highest BCUT2D eigenvalue weighted by atomic mass is 19.1. The van der Waals surface area contributed by atoms with Gasteiger partial charge in [0.2, 0.25) is 18.0 Å². The summed E-state index contributed by atoms with van der Waals surface area (Å²) in [6.07, 6.45) is -0.637. The standard InChI is InChI=1S/C20H15FN2O2/c1-13(24)23-20(17-7-6-14-4-2-3-5-16(14)12-17)25-19(22-23)15-8-10-18(21)11-9-15/h2-12,20H,1H3. The molecular weight excluding hydrogens is 319 g/mol. The number of halogens is 1. The van der Waals surface area contributed by atoms with E-state index < -0.39 is 6.23 Å². The molecule has 0 aliphatic carbocycles. The number of fused-ring (bicyclic) bond motifs is 1. The molecular formula is C20H15FN2O2. The number of amides is 1. The first kappa shape index (κ1) is 15.3. The van der Waals surface area contributed by atoms with E-state index in [9.17, 15) is 9.18 Å². The van der Waals surface area contributed by atoms with E-state index in [2.05, 4.69) is 5.10 Å². The van der Waals surface area contributed by atoms with Crippen molar-refractivity contribution in [2.45, 2.75) is 13.2 Å². The molecule has 1 aliphatic heterocycles. The normalized spacial score (nSPS) is 16.6. The van der Waals surface area contributed by atoms with E-state index >= 15 is 0 Å². The zero-order valence-corrected chi connectivity index (χ0v) is 13.5. The Hall–Kier alpha value is -3.21. The van der Waals surface area contributed by atoms with E-state index in [4.69, 9.17) is 4.74 Å². The van der Waals surface area contributed by atoms with Crippen LogP contribution in [0, 0.1) is 5.82 Å². The molecule has 0 radical (unpaired) electrons. The maximum atomic E-state index is 13.1. The van der Waals surface area contributed by atoms with Crippen LogP contribution in [0.3, 0.4) is 0 Å². The highest BCUT2D eigenvalue weighted by Crippen LogP contribution is 2.32. The van der Waals surface area contributed by atoms with Crippen LogP contribution in [-0.2, 0) is 9.53 Å². The highest BCUT2D eigenvalue weighted by molar-refractivity contribution is 5.96. The summed E-state index contributed by atoms with van der Waals surface area (Å²) in [5, 5.41) is 7.76. The van der Waals surface area contributed by atoms with Gasteiger partial charge in [0.05, 0.1) is 0 Å². The summed E-state index contributed by atoms with van der Waals surface area (Å²) in [6, 6.07) is 19.7. The third-order valence-corrected chi connectivity index (χ3v) is 4.12. The summed E-state index contributed by atoms with van der Waals surface area (Å²) >= 11 is 0. The Kier molecular flexibility index (Phi) is 3.69. The molecule has 25 heavy (non-hydrogen) atoms. The Labute approximate surface area is 144 Å². The summed E-state index contributed by atoms with van der Waals surface area (Å²) in [5.74, 6) is -0.263. The summed E-state index contributed by atoms with van der Waals surface area (Å²) in [4.78, 5) is 12.0. The number of carbonyl (C=O) groups is 1. The summed E-state index contributed by atoms with van der Waals surface area (Å²) in [6.45, 7) is 1.44. The predicted molar refractivity (Wildman–Crippen MR) is 93.2 cm³/mol. The van der Waals surface area contributed by atoms with Crippen molar-refractivity contribution in [3.05, 3.63) is 83.7 Å². The van der Waals surface area contributed by atoms with Crippen LogP contribution in [0.15, 0.2) is 71.8 Å². The maximum Gasteiger partial charge on any atom is 0.243 e. The fourth-order valence-corrected chi connectivity index (χ4v) is 2.85. The molecule has 0 saturated carbocycles. The van der Waals surface area contributed by atoms with Gasteiger partial charge in [-0.15, -0.1) is 5.10 Å². The molecule has 0 fully saturated rings. The topological polar surface area (TPSA) is 41.9 Å². The molecule has 0 bridgehead atoms. The number of hydrogen-bond donors (Lipinski definition) is 0. The van der Waals surface area contributed by atoms with Crippen LogP contribution < -0.4 is 0 Å². The summed E-state index contributed by atoms with van der Waals surface area (Å²) in [7, 11) is 0. The van der Waals surface area contributed by atoms with Crippen LogP contribution in [-0.4, -0.2) is 16.8 Å². The lowest BCUT2D eigenvalue weighted by Crippen LogP contribution is -2.25. The van der Waals surface area contributed by atoms with E-state index in [1.807, 2.05) is 42.5 Å². The number of rotatable bonds is 2. The largest absolute Gasteiger partial charge is 0.446 e. The summed E-state index contributed by atoms with van der Waals surface area (Å²) < 4.78 is 19.1. The number of nitrogens with zero attached hydrogens (tertiary/aromatic N) is 2. The molecule has 1 heterocycles. The number of hydrogen-bond acceptors (Lipinski definition) is 3. The van der Waals surface area contributed by atoms with Gasteiger partial charge in [0.15, 0.2) is 0 Å². The van der Waals surface area contributed by atoms with Gasteiger partial charge in [-0.2, -0.15) is 5.01 Å². The van der Waals surface area contributed by atoms with Crippen LogP contribution in [0.1, 0.15) is 24.3 Å². The van der Waals surface area contributed by atoms with Gasteiger partial charge in [-0.05, 0) is 41.1 Å². The number of carbonyl (C=O) groups excluding carboxylic acids is 1. The van der Waals surface area contributed by atoms with Gasteiger partial charge < -0.3 is 4.74 Å². The van der Waals surface area contributed by atoms with Crippen molar-refractivity contribution >= 4 is 22.6 Å². The minimum absolute atomic E-state index is 0.227. The first-order valence-electron chi connectivity index (χ1n) is 7.91. The monoisotopic (exact) mass is 334 g/mol. The number of hydrazone groups is 1. The lowest BCUT2D eigenvalue weighted by molar-refractivity contribution is -0.135. The van der Waals surface area contributed by atoms with E-state index in [1.165, 1.54) is 24.1 Å². The first-order valence-corrected chi connectivity index (χ1v) is 7.91. The van der Waals surface area contributed by atoms with Crippen molar-refractivity contribution in [2.24, 2.45) is 5.10 Å². The van der Waals surface area contributed by atoms with Crippen molar-refractivity contribution < 1.29 is 13.9 Å². The van der Waals surface area contributed by atoms with E-state index in [0.717, 1.165) is 16.3 Å². The van der Waals surface area contributed by atoms with Crippen molar-refractivity contribution in [1.82, 2.24) is 5.01 Å². The Balaban J connectivity index is 1.71. The third-order valence-electron chi connectivity index (χ3n) is 4.12. The SMILES string of the molecule is CC(=O)N1N=C(c2ccc(F)cc2)OC1c1ccc2ccccc2c1. The van der Waals surface area contributed by atoms with E-state index in [1.54, 1.807) is 12.1 Å². The van der Waals surface area contributed by atoms with Crippen LogP contribution >= 0.6 is 0 Å². The minimum atomic E-state index is -0.637. The number of benzene rings is 3. The molecule has 4 rings (SSSR count). The second-order valence-corrected chi connectivity index (χ2v) is 5.85. The Morgan fingerprint density at radius 3 is 2.48 bits per heavy atom. The van der Waals surface area contributed by atoms with Crippen molar-refractivity contribution in [1.29, 1.82) is 0 Å². The summed E-state index contributed by atoms with van der Waals surface area (Å²) in [5.41, 5.74) is 1.45. The molecule has 0 saturated heterocycles. The second kappa shape index (κ2) is 6.02. The van der Waals surface area contributed by atoms with E-state index in [0.29, 0.717) is 11.5 Å². The molecule has 0 N–H and O–H groups in total. The molecule has 1 amide bonds. The highest BCUT2D eigenvalue weighted by Gasteiger charge is 2.33. The molecule has 3 aromatic carbocycles. The molecule has 0 aromatic heterocycles. The quantitative estimate of drug-likeness (QED) is 0.704. The fourth-order valence-electron chi connectivity index (χ4n) is 2.85. The third kappa shape index (κ3) is 2.85. The van der Waals surface area contributed by atoms with Gasteiger partial charge >= 0.3 is 0 Å². The molecule has 5 heteroatoms. The van der Waals surface area contributed by atoms with Crippen molar-refractivity contribution in [3.63, 3.8) is 0 Å². The van der Waals surface area contributed by atoms with Crippen LogP contribution in [0.25, 0.3) is 10.8 Å². The molecule has 1 atom stereocenters. The molecule has 3 aromatic rings. The zero-order valence-electron chi connectivity index (χ0n) is 13.5. The maximum absolute atomic E-state index is 13.1. The molecule has 1 aliphatic rings. The lowest BCUT2D eigenvalue weighted by atomic mass is 10.1. The van der Waals surface area contributed by atoms with Gasteiger partial charge in [-0.1, -0.05) is 36.4 Å². The van der Waals surface area contributed by atoms with Gasteiger partial charge in [0, 0.05) is 18.1 Å². The number of ether oxygens (including phenoxy) is 1. The first-order chi connectivity index (χ1) is 12.1. The second-order valence-electron chi connectivity index (χ2n) is 5.85. The fraction of sp³-hybridized carbons (Fsp3) is 0.100.